The van der Waals surface area contributed by atoms with Gasteiger partial charge >= 0.3 is 0 Å². The highest BCUT2D eigenvalue weighted by Crippen LogP contribution is 2.33. The predicted octanol–water partition coefficient (Wildman–Crippen LogP) is 4.73. The SMILES string of the molecule is Cc1ccc(-n2nc(C)c3sc(N4CCCN(C(=O)c5cc(F)ccc5F)CC4)nc32)cc1. The van der Waals surface area contributed by atoms with Gasteiger partial charge in [0, 0.05) is 26.2 Å². The van der Waals surface area contributed by atoms with Crippen LogP contribution in [0.3, 0.4) is 0 Å². The summed E-state index contributed by atoms with van der Waals surface area (Å²) in [6.45, 7) is 6.20. The van der Waals surface area contributed by atoms with Crippen molar-refractivity contribution in [3.63, 3.8) is 0 Å². The molecular weight excluding hydrogens is 444 g/mol. The van der Waals surface area contributed by atoms with Crippen molar-refractivity contribution in [3.8, 4) is 5.69 Å². The van der Waals surface area contributed by atoms with E-state index in [0.29, 0.717) is 26.1 Å². The van der Waals surface area contributed by atoms with E-state index in [9.17, 15) is 13.6 Å². The Bertz CT molecular complexity index is 1330. The molecular formula is C24H23F2N5OS. The van der Waals surface area contributed by atoms with Gasteiger partial charge in [0.15, 0.2) is 10.8 Å². The molecule has 0 bridgehead atoms. The molecule has 1 aliphatic heterocycles. The highest BCUT2D eigenvalue weighted by molar-refractivity contribution is 7.22. The Hall–Kier alpha value is -3.33. The van der Waals surface area contributed by atoms with Crippen LogP contribution in [0.1, 0.15) is 28.0 Å². The summed E-state index contributed by atoms with van der Waals surface area (Å²) in [5.74, 6) is -1.81. The molecule has 0 unspecified atom stereocenters. The lowest BCUT2D eigenvalue weighted by Gasteiger charge is -2.22. The molecule has 1 fully saturated rings. The quantitative estimate of drug-likeness (QED) is 0.437. The average Bonchev–Trinajstić information content (AvgIpc) is 3.26. The zero-order valence-corrected chi connectivity index (χ0v) is 19.2. The molecule has 5 rings (SSSR count). The first-order valence-corrected chi connectivity index (χ1v) is 11.6. The van der Waals surface area contributed by atoms with Crippen LogP contribution in [0.25, 0.3) is 16.0 Å². The minimum atomic E-state index is -0.704. The van der Waals surface area contributed by atoms with Gasteiger partial charge in [-0.25, -0.2) is 13.5 Å². The lowest BCUT2D eigenvalue weighted by molar-refractivity contribution is 0.0761. The lowest BCUT2D eigenvalue weighted by Crippen LogP contribution is -2.35. The fraction of sp³-hybridized carbons (Fsp3) is 0.292. The maximum Gasteiger partial charge on any atom is 0.256 e. The van der Waals surface area contributed by atoms with E-state index in [1.807, 2.05) is 42.8 Å². The first-order chi connectivity index (χ1) is 15.9. The fourth-order valence-electron chi connectivity index (χ4n) is 4.07. The predicted molar refractivity (Wildman–Crippen MR) is 125 cm³/mol. The summed E-state index contributed by atoms with van der Waals surface area (Å²) in [5, 5.41) is 5.54. The van der Waals surface area contributed by atoms with Crippen LogP contribution in [-0.4, -0.2) is 51.8 Å². The summed E-state index contributed by atoms with van der Waals surface area (Å²) >= 11 is 1.59. The third-order valence-electron chi connectivity index (χ3n) is 5.87. The van der Waals surface area contributed by atoms with Gasteiger partial charge in [-0.3, -0.25) is 4.79 Å². The average molecular weight is 468 g/mol. The molecule has 33 heavy (non-hydrogen) atoms. The first-order valence-electron chi connectivity index (χ1n) is 10.8. The van der Waals surface area contributed by atoms with Gasteiger partial charge in [-0.2, -0.15) is 10.1 Å². The molecule has 0 radical (unpaired) electrons. The summed E-state index contributed by atoms with van der Waals surface area (Å²) in [6, 6.07) is 11.1. The van der Waals surface area contributed by atoms with E-state index in [4.69, 9.17) is 4.98 Å². The second kappa shape index (κ2) is 8.55. The number of benzene rings is 2. The monoisotopic (exact) mass is 467 g/mol. The highest BCUT2D eigenvalue weighted by atomic mass is 32.1. The number of hydrogen-bond donors (Lipinski definition) is 0. The van der Waals surface area contributed by atoms with Crippen molar-refractivity contribution in [2.75, 3.05) is 31.1 Å². The van der Waals surface area contributed by atoms with Crippen molar-refractivity contribution < 1.29 is 13.6 Å². The standard InChI is InChI=1S/C24H23F2N5OS/c1-15-4-7-18(8-5-15)31-22-21(16(2)28-31)33-24(27-22)30-11-3-10-29(12-13-30)23(32)19-14-17(25)6-9-20(19)26/h4-9,14H,3,10-13H2,1-2H3. The van der Waals surface area contributed by atoms with Crippen molar-refractivity contribution >= 4 is 32.7 Å². The van der Waals surface area contributed by atoms with E-state index in [0.717, 1.165) is 51.6 Å². The van der Waals surface area contributed by atoms with Crippen LogP contribution in [0.4, 0.5) is 13.9 Å². The summed E-state index contributed by atoms with van der Waals surface area (Å²) in [4.78, 5) is 21.4. The van der Waals surface area contributed by atoms with Crippen LogP contribution in [0.15, 0.2) is 42.5 Å². The second-order valence-electron chi connectivity index (χ2n) is 8.24. The normalized spacial score (nSPS) is 14.7. The Balaban J connectivity index is 1.38. The number of rotatable bonds is 3. The van der Waals surface area contributed by atoms with E-state index in [1.165, 1.54) is 5.56 Å². The molecule has 3 heterocycles. The molecule has 6 nitrogen and oxygen atoms in total. The number of hydrogen-bond acceptors (Lipinski definition) is 5. The van der Waals surface area contributed by atoms with Crippen LogP contribution in [0.2, 0.25) is 0 Å². The molecule has 0 aliphatic carbocycles. The van der Waals surface area contributed by atoms with Crippen LogP contribution < -0.4 is 4.90 Å². The third kappa shape index (κ3) is 4.08. The molecule has 2 aromatic carbocycles. The van der Waals surface area contributed by atoms with Crippen molar-refractivity contribution in [1.82, 2.24) is 19.7 Å². The number of fused-ring (bicyclic) bond motifs is 1. The number of amides is 1. The van der Waals surface area contributed by atoms with Gasteiger partial charge in [0.05, 0.1) is 21.6 Å². The number of nitrogens with zero attached hydrogens (tertiary/aromatic N) is 5. The van der Waals surface area contributed by atoms with E-state index in [1.54, 1.807) is 16.2 Å². The maximum atomic E-state index is 14.1. The number of aromatic nitrogens is 3. The topological polar surface area (TPSA) is 54.3 Å². The van der Waals surface area contributed by atoms with E-state index < -0.39 is 17.5 Å². The lowest BCUT2D eigenvalue weighted by atomic mass is 10.1. The van der Waals surface area contributed by atoms with Crippen LogP contribution in [0, 0.1) is 25.5 Å². The summed E-state index contributed by atoms with van der Waals surface area (Å²) in [6.07, 6.45) is 0.710. The molecule has 0 saturated carbocycles. The van der Waals surface area contributed by atoms with Gasteiger partial charge in [-0.1, -0.05) is 29.0 Å². The maximum absolute atomic E-state index is 14.1. The largest absolute Gasteiger partial charge is 0.346 e. The Labute approximate surface area is 194 Å². The number of thiazole rings is 1. The summed E-state index contributed by atoms with van der Waals surface area (Å²) in [5.41, 5.74) is 3.65. The molecule has 9 heteroatoms. The van der Waals surface area contributed by atoms with Crippen molar-refractivity contribution in [1.29, 1.82) is 0 Å². The van der Waals surface area contributed by atoms with Crippen LogP contribution in [-0.2, 0) is 0 Å². The van der Waals surface area contributed by atoms with Gasteiger partial charge in [0.25, 0.3) is 5.91 Å². The number of carbonyl (C=O) groups is 1. The smallest absolute Gasteiger partial charge is 0.256 e. The summed E-state index contributed by atoms with van der Waals surface area (Å²) < 4.78 is 30.6. The Morgan fingerprint density at radius 2 is 1.79 bits per heavy atom. The van der Waals surface area contributed by atoms with Crippen molar-refractivity contribution in [2.24, 2.45) is 0 Å². The minimum Gasteiger partial charge on any atom is -0.346 e. The second-order valence-corrected chi connectivity index (χ2v) is 9.22. The molecule has 4 aromatic rings. The van der Waals surface area contributed by atoms with Crippen molar-refractivity contribution in [2.45, 2.75) is 20.3 Å². The fourth-order valence-corrected chi connectivity index (χ4v) is 5.11. The zero-order chi connectivity index (χ0) is 23.1. The molecule has 0 N–H and O–H groups in total. The summed E-state index contributed by atoms with van der Waals surface area (Å²) in [7, 11) is 0. The third-order valence-corrected chi connectivity index (χ3v) is 7.08. The molecule has 170 valence electrons. The van der Waals surface area contributed by atoms with Gasteiger partial charge in [-0.15, -0.1) is 0 Å². The van der Waals surface area contributed by atoms with E-state index >= 15 is 0 Å². The number of aryl methyl sites for hydroxylation is 2. The Kier molecular flexibility index (Phi) is 5.57. The van der Waals surface area contributed by atoms with Crippen molar-refractivity contribution in [3.05, 3.63) is 70.9 Å². The molecule has 2 aromatic heterocycles. The van der Waals surface area contributed by atoms with Gasteiger partial charge in [-0.05, 0) is 50.6 Å². The molecule has 1 saturated heterocycles. The Morgan fingerprint density at radius 3 is 2.58 bits per heavy atom. The zero-order valence-electron chi connectivity index (χ0n) is 18.4. The van der Waals surface area contributed by atoms with E-state index in [2.05, 4.69) is 10.00 Å². The van der Waals surface area contributed by atoms with Crippen LogP contribution in [0.5, 0.6) is 0 Å². The molecule has 0 spiro atoms. The minimum absolute atomic E-state index is 0.225. The Morgan fingerprint density at radius 1 is 1.00 bits per heavy atom. The van der Waals surface area contributed by atoms with Crippen LogP contribution >= 0.6 is 11.3 Å². The first kappa shape index (κ1) is 21.5. The number of anilines is 1. The van der Waals surface area contributed by atoms with Gasteiger partial charge in [0.1, 0.15) is 11.6 Å². The van der Waals surface area contributed by atoms with E-state index in [-0.39, 0.29) is 5.56 Å². The van der Waals surface area contributed by atoms with Gasteiger partial charge in [0.2, 0.25) is 0 Å². The van der Waals surface area contributed by atoms with Gasteiger partial charge < -0.3 is 9.80 Å². The molecule has 1 amide bonds. The molecule has 1 aliphatic rings. The molecule has 0 atom stereocenters. The number of carbonyl (C=O) groups excluding carboxylic acids is 1. The number of halogens is 2. The highest BCUT2D eigenvalue weighted by Gasteiger charge is 2.25.